The monoisotopic (exact) mass is 434 g/mol. The first-order valence-electron chi connectivity index (χ1n) is 10.8. The Hall–Kier alpha value is -3.81. The summed E-state index contributed by atoms with van der Waals surface area (Å²) in [6.45, 7) is 10.4. The SMILES string of the molecule is CCOc1ccc(NC(=O)Nc2ccc(Nc3cc(N(CC)CC)nc(C)n3)cc2)cc1. The number of urea groups is 1. The minimum Gasteiger partial charge on any atom is -0.494 e. The number of anilines is 5. The van der Waals surface area contributed by atoms with E-state index in [4.69, 9.17) is 4.74 Å². The predicted molar refractivity (Wildman–Crippen MR) is 130 cm³/mol. The van der Waals surface area contributed by atoms with E-state index in [1.165, 1.54) is 0 Å². The molecule has 0 unspecified atom stereocenters. The van der Waals surface area contributed by atoms with Crippen LogP contribution in [0.15, 0.2) is 54.6 Å². The normalized spacial score (nSPS) is 10.4. The lowest BCUT2D eigenvalue weighted by atomic mass is 10.2. The van der Waals surface area contributed by atoms with Gasteiger partial charge < -0.3 is 25.6 Å². The summed E-state index contributed by atoms with van der Waals surface area (Å²) in [4.78, 5) is 23.5. The lowest BCUT2D eigenvalue weighted by molar-refractivity contribution is 0.262. The highest BCUT2D eigenvalue weighted by atomic mass is 16.5. The molecule has 0 aliphatic rings. The second kappa shape index (κ2) is 11.0. The van der Waals surface area contributed by atoms with Gasteiger partial charge in [0.2, 0.25) is 0 Å². The van der Waals surface area contributed by atoms with Gasteiger partial charge in [0.25, 0.3) is 0 Å². The van der Waals surface area contributed by atoms with Crippen LogP contribution in [0.1, 0.15) is 26.6 Å². The first kappa shape index (κ1) is 22.9. The summed E-state index contributed by atoms with van der Waals surface area (Å²) in [5.41, 5.74) is 2.24. The van der Waals surface area contributed by atoms with Crippen molar-refractivity contribution in [2.45, 2.75) is 27.7 Å². The van der Waals surface area contributed by atoms with Gasteiger partial charge in [-0.15, -0.1) is 0 Å². The molecule has 8 nitrogen and oxygen atoms in total. The standard InChI is InChI=1S/C24H30N6O2/c1-5-30(6-2)23-16-22(25-17(4)26-23)27-18-8-10-19(11-9-18)28-24(31)29-20-12-14-21(15-13-20)32-7-3/h8-16H,5-7H2,1-4H3,(H,25,26,27)(H2,28,29,31). The number of hydrogen-bond donors (Lipinski definition) is 3. The van der Waals surface area contributed by atoms with E-state index in [1.54, 1.807) is 12.1 Å². The number of aromatic nitrogens is 2. The van der Waals surface area contributed by atoms with Crippen LogP contribution in [0.4, 0.5) is 33.5 Å². The molecule has 32 heavy (non-hydrogen) atoms. The molecule has 0 saturated heterocycles. The Balaban J connectivity index is 1.59. The molecule has 1 aromatic heterocycles. The number of amides is 2. The fourth-order valence-corrected chi connectivity index (χ4v) is 3.20. The Labute approximate surface area is 189 Å². The van der Waals surface area contributed by atoms with E-state index in [2.05, 4.69) is 44.7 Å². The van der Waals surface area contributed by atoms with Crippen molar-refractivity contribution in [1.82, 2.24) is 9.97 Å². The van der Waals surface area contributed by atoms with E-state index in [-0.39, 0.29) is 6.03 Å². The third-order valence-electron chi connectivity index (χ3n) is 4.75. The Kier molecular flexibility index (Phi) is 7.85. The Morgan fingerprint density at radius 3 is 2.00 bits per heavy atom. The lowest BCUT2D eigenvalue weighted by Crippen LogP contribution is -2.23. The lowest BCUT2D eigenvalue weighted by Gasteiger charge is -2.20. The van der Waals surface area contributed by atoms with Gasteiger partial charge in [0.15, 0.2) is 0 Å². The zero-order chi connectivity index (χ0) is 22.9. The Bertz CT molecular complexity index is 1020. The molecule has 1 heterocycles. The van der Waals surface area contributed by atoms with Gasteiger partial charge in [-0.2, -0.15) is 0 Å². The molecule has 0 aliphatic heterocycles. The summed E-state index contributed by atoms with van der Waals surface area (Å²) in [5.74, 6) is 3.10. The first-order chi connectivity index (χ1) is 15.5. The maximum atomic E-state index is 12.3. The van der Waals surface area contributed by atoms with Gasteiger partial charge in [-0.1, -0.05) is 0 Å². The van der Waals surface area contributed by atoms with Crippen molar-refractivity contribution in [3.63, 3.8) is 0 Å². The van der Waals surface area contributed by atoms with E-state index in [0.717, 1.165) is 36.2 Å². The zero-order valence-electron chi connectivity index (χ0n) is 19.0. The maximum Gasteiger partial charge on any atom is 0.323 e. The van der Waals surface area contributed by atoms with Crippen molar-refractivity contribution < 1.29 is 9.53 Å². The topological polar surface area (TPSA) is 91.4 Å². The number of hydrogen-bond acceptors (Lipinski definition) is 6. The summed E-state index contributed by atoms with van der Waals surface area (Å²) < 4.78 is 5.41. The summed E-state index contributed by atoms with van der Waals surface area (Å²) in [6.07, 6.45) is 0. The highest BCUT2D eigenvalue weighted by Gasteiger charge is 2.08. The molecule has 168 valence electrons. The van der Waals surface area contributed by atoms with E-state index in [9.17, 15) is 4.79 Å². The number of aryl methyl sites for hydroxylation is 1. The molecule has 3 aromatic rings. The molecule has 0 saturated carbocycles. The first-order valence-corrected chi connectivity index (χ1v) is 10.8. The molecule has 2 amide bonds. The van der Waals surface area contributed by atoms with E-state index >= 15 is 0 Å². The van der Waals surface area contributed by atoms with Gasteiger partial charge in [-0.05, 0) is 76.2 Å². The van der Waals surface area contributed by atoms with Crippen LogP contribution in [0, 0.1) is 6.92 Å². The van der Waals surface area contributed by atoms with Crippen LogP contribution < -0.4 is 25.6 Å². The van der Waals surface area contributed by atoms with Crippen LogP contribution >= 0.6 is 0 Å². The Morgan fingerprint density at radius 2 is 1.44 bits per heavy atom. The number of nitrogens with zero attached hydrogens (tertiary/aromatic N) is 3. The molecule has 0 fully saturated rings. The van der Waals surface area contributed by atoms with Crippen molar-refractivity contribution >= 4 is 34.7 Å². The van der Waals surface area contributed by atoms with Gasteiger partial charge >= 0.3 is 6.03 Å². The number of rotatable bonds is 9. The van der Waals surface area contributed by atoms with E-state index < -0.39 is 0 Å². The number of nitrogens with one attached hydrogen (secondary N) is 3. The fourth-order valence-electron chi connectivity index (χ4n) is 3.20. The van der Waals surface area contributed by atoms with E-state index in [0.29, 0.717) is 23.8 Å². The van der Waals surface area contributed by atoms with Crippen molar-refractivity contribution in [3.05, 3.63) is 60.4 Å². The van der Waals surface area contributed by atoms with Crippen LogP contribution in [0.2, 0.25) is 0 Å². The number of carbonyl (C=O) groups excluding carboxylic acids is 1. The minimum atomic E-state index is -0.315. The van der Waals surface area contributed by atoms with Gasteiger partial charge in [0, 0.05) is 36.2 Å². The number of benzene rings is 2. The number of carbonyl (C=O) groups is 1. The van der Waals surface area contributed by atoms with Crippen LogP contribution in [0.25, 0.3) is 0 Å². The maximum absolute atomic E-state index is 12.3. The van der Waals surface area contributed by atoms with E-state index in [1.807, 2.05) is 56.3 Å². The predicted octanol–water partition coefficient (Wildman–Crippen LogP) is 5.42. The van der Waals surface area contributed by atoms with Crippen LogP contribution in [-0.2, 0) is 0 Å². The average molecular weight is 435 g/mol. The number of ether oxygens (including phenoxy) is 1. The van der Waals surface area contributed by atoms with Gasteiger partial charge in [-0.25, -0.2) is 14.8 Å². The zero-order valence-corrected chi connectivity index (χ0v) is 19.0. The Morgan fingerprint density at radius 1 is 0.875 bits per heavy atom. The van der Waals surface area contributed by atoms with Crippen LogP contribution in [0.3, 0.4) is 0 Å². The fraction of sp³-hybridized carbons (Fsp3) is 0.292. The van der Waals surface area contributed by atoms with Crippen molar-refractivity contribution in [2.75, 3.05) is 40.5 Å². The summed E-state index contributed by atoms with van der Waals surface area (Å²) >= 11 is 0. The third-order valence-corrected chi connectivity index (χ3v) is 4.75. The quantitative estimate of drug-likeness (QED) is 0.417. The molecule has 0 spiro atoms. The summed E-state index contributed by atoms with van der Waals surface area (Å²) in [7, 11) is 0. The second-order valence-electron chi connectivity index (χ2n) is 7.07. The van der Waals surface area contributed by atoms with Gasteiger partial charge in [0.05, 0.1) is 6.61 Å². The molecule has 8 heteroatoms. The van der Waals surface area contributed by atoms with Crippen molar-refractivity contribution in [1.29, 1.82) is 0 Å². The smallest absolute Gasteiger partial charge is 0.323 e. The molecular formula is C24H30N6O2. The largest absolute Gasteiger partial charge is 0.494 e. The van der Waals surface area contributed by atoms with Gasteiger partial charge in [0.1, 0.15) is 23.2 Å². The minimum absolute atomic E-state index is 0.315. The van der Waals surface area contributed by atoms with Crippen LogP contribution in [0.5, 0.6) is 5.75 Å². The molecule has 3 N–H and O–H groups in total. The summed E-state index contributed by atoms with van der Waals surface area (Å²) in [6, 6.07) is 16.3. The average Bonchev–Trinajstić information content (AvgIpc) is 2.77. The third kappa shape index (κ3) is 6.34. The molecule has 3 rings (SSSR count). The van der Waals surface area contributed by atoms with Crippen LogP contribution in [-0.4, -0.2) is 35.7 Å². The molecular weight excluding hydrogens is 404 g/mol. The second-order valence-corrected chi connectivity index (χ2v) is 7.07. The molecule has 0 bridgehead atoms. The van der Waals surface area contributed by atoms with Crippen molar-refractivity contribution in [2.24, 2.45) is 0 Å². The molecule has 0 aliphatic carbocycles. The van der Waals surface area contributed by atoms with Gasteiger partial charge in [-0.3, -0.25) is 0 Å². The highest BCUT2D eigenvalue weighted by molar-refractivity contribution is 5.99. The van der Waals surface area contributed by atoms with Crippen molar-refractivity contribution in [3.8, 4) is 5.75 Å². The molecule has 2 aromatic carbocycles. The summed E-state index contributed by atoms with van der Waals surface area (Å²) in [5, 5.41) is 8.94. The molecule has 0 atom stereocenters. The molecule has 0 radical (unpaired) electrons. The highest BCUT2D eigenvalue weighted by Crippen LogP contribution is 2.22.